The van der Waals surface area contributed by atoms with Gasteiger partial charge in [-0.25, -0.2) is 0 Å². The largest absolute Gasteiger partial charge is 0.633 e. The summed E-state index contributed by atoms with van der Waals surface area (Å²) in [5.74, 6) is 0. The molecule has 102 valence electrons. The van der Waals surface area contributed by atoms with Gasteiger partial charge in [0.05, 0.1) is 0 Å². The molecule has 0 spiro atoms. The molecule has 0 saturated carbocycles. The van der Waals surface area contributed by atoms with Gasteiger partial charge in [-0.05, 0) is 12.8 Å². The first kappa shape index (κ1) is 19.1. The van der Waals surface area contributed by atoms with E-state index in [1.807, 2.05) is 0 Å². The lowest BCUT2D eigenvalue weighted by Crippen LogP contribution is -2.17. The summed E-state index contributed by atoms with van der Waals surface area (Å²) in [6.45, 7) is 0.443. The number of hydrogen-bond acceptors (Lipinski definition) is 3. The van der Waals surface area contributed by atoms with E-state index >= 15 is 0 Å². The van der Waals surface area contributed by atoms with Crippen molar-refractivity contribution in [2.75, 3.05) is 6.61 Å². The third kappa shape index (κ3) is 18.1. The van der Waals surface area contributed by atoms with Crippen molar-refractivity contribution in [3.05, 3.63) is 0 Å². The molecule has 0 aliphatic heterocycles. The molecule has 0 amide bonds. The average Bonchev–Trinajstić information content (AvgIpc) is 2.18. The second-order valence-electron chi connectivity index (χ2n) is 4.04. The molecule has 17 heavy (non-hydrogen) atoms. The van der Waals surface area contributed by atoms with Crippen LogP contribution in [0.4, 0.5) is 0 Å². The molecule has 0 saturated heterocycles. The van der Waals surface area contributed by atoms with Crippen molar-refractivity contribution in [3.8, 4) is 0 Å². The second-order valence-corrected chi connectivity index (χ2v) is 15.8. The van der Waals surface area contributed by atoms with Gasteiger partial charge in [0.1, 0.15) is -0.565 Å². The topological polar surface area (TPSA) is 49.7 Å². The van der Waals surface area contributed by atoms with E-state index in [1.54, 1.807) is 0 Å². The van der Waals surface area contributed by atoms with Crippen LogP contribution in [0, 0.1) is 0 Å². The monoisotopic (exact) mass is 580 g/mol. The van der Waals surface area contributed by atoms with Crippen LogP contribution >= 0.6 is 67.8 Å². The predicted octanol–water partition coefficient (Wildman–Crippen LogP) is 4.05. The Bertz CT molecular complexity index is 177. The molecule has 0 unspecified atom stereocenters. The van der Waals surface area contributed by atoms with Gasteiger partial charge >= 0.3 is 7.32 Å². The Kier molecular flexibility index (Phi) is 13.4. The van der Waals surface area contributed by atoms with Crippen LogP contribution in [0.3, 0.4) is 0 Å². The summed E-state index contributed by atoms with van der Waals surface area (Å²) in [4.78, 5) is 0. The van der Waals surface area contributed by atoms with Gasteiger partial charge in [-0.3, -0.25) is 0 Å². The summed E-state index contributed by atoms with van der Waals surface area (Å²) in [5, 5.41) is 16.9. The Morgan fingerprint density at radius 2 is 1.29 bits per heavy atom. The SMILES string of the molecule is OB(O)OCCCCCCCCCC(I)(I)I. The van der Waals surface area contributed by atoms with E-state index in [9.17, 15) is 0 Å². The third-order valence-corrected chi connectivity index (χ3v) is 3.99. The fourth-order valence-corrected chi connectivity index (χ4v) is 2.64. The fraction of sp³-hybridized carbons (Fsp3) is 1.00. The van der Waals surface area contributed by atoms with Crippen LogP contribution in [0.15, 0.2) is 0 Å². The van der Waals surface area contributed by atoms with Crippen molar-refractivity contribution < 1.29 is 14.7 Å². The number of unbranched alkanes of at least 4 members (excludes halogenated alkanes) is 6. The zero-order valence-electron chi connectivity index (χ0n) is 9.88. The molecule has 0 rings (SSSR count). The molecule has 0 aromatic rings. The van der Waals surface area contributed by atoms with E-state index in [1.165, 1.54) is 38.5 Å². The second kappa shape index (κ2) is 11.9. The van der Waals surface area contributed by atoms with Gasteiger partial charge in [-0.1, -0.05) is 106 Å². The minimum Gasteiger partial charge on any atom is -0.402 e. The highest BCUT2D eigenvalue weighted by molar-refractivity contribution is 14.3. The standard InChI is InChI=1S/C10H20BI3O3/c12-10(13,14)8-6-4-2-1-3-5-7-9-17-11(15)16/h15-16H,1-9H2. The molecule has 0 bridgehead atoms. The van der Waals surface area contributed by atoms with Gasteiger partial charge in [0.2, 0.25) is 0 Å². The van der Waals surface area contributed by atoms with Crippen molar-refractivity contribution in [2.24, 2.45) is 0 Å². The Morgan fingerprint density at radius 3 is 1.76 bits per heavy atom. The normalized spacial score (nSPS) is 11.8. The van der Waals surface area contributed by atoms with Crippen LogP contribution in [0.1, 0.15) is 51.4 Å². The summed E-state index contributed by atoms with van der Waals surface area (Å²) >= 11 is 7.45. The van der Waals surface area contributed by atoms with Gasteiger partial charge in [-0.2, -0.15) is 0 Å². The maximum absolute atomic E-state index is 8.45. The summed E-state index contributed by atoms with van der Waals surface area (Å²) in [7, 11) is -1.61. The van der Waals surface area contributed by atoms with Crippen molar-refractivity contribution in [1.82, 2.24) is 0 Å². The Hall–Kier alpha value is 2.13. The fourth-order valence-electron chi connectivity index (χ4n) is 1.50. The van der Waals surface area contributed by atoms with Crippen LogP contribution in [-0.4, -0.2) is 23.4 Å². The van der Waals surface area contributed by atoms with Crippen molar-refractivity contribution in [3.63, 3.8) is 0 Å². The zero-order valence-corrected chi connectivity index (χ0v) is 16.4. The first-order valence-electron chi connectivity index (χ1n) is 5.96. The molecule has 7 heteroatoms. The van der Waals surface area contributed by atoms with E-state index in [0.717, 1.165) is 12.8 Å². The predicted molar refractivity (Wildman–Crippen MR) is 97.9 cm³/mol. The van der Waals surface area contributed by atoms with Gasteiger partial charge in [0.15, 0.2) is 0 Å². The van der Waals surface area contributed by atoms with Crippen LogP contribution in [0.25, 0.3) is 0 Å². The summed E-state index contributed by atoms with van der Waals surface area (Å²) in [6, 6.07) is 0. The molecule has 0 fully saturated rings. The lowest BCUT2D eigenvalue weighted by molar-refractivity contribution is 0.182. The maximum atomic E-state index is 8.45. The number of alkyl halides is 3. The number of hydrogen-bond donors (Lipinski definition) is 2. The van der Waals surface area contributed by atoms with E-state index in [-0.39, 0.29) is 0 Å². The number of halogens is 3. The molecule has 0 aromatic carbocycles. The van der Waals surface area contributed by atoms with E-state index < -0.39 is 7.32 Å². The van der Waals surface area contributed by atoms with Gasteiger partial charge in [0, 0.05) is 6.61 Å². The Morgan fingerprint density at radius 1 is 0.824 bits per heavy atom. The molecule has 0 aliphatic carbocycles. The quantitative estimate of drug-likeness (QED) is 0.168. The highest BCUT2D eigenvalue weighted by Gasteiger charge is 2.15. The molecule has 0 aliphatic rings. The van der Waals surface area contributed by atoms with E-state index in [4.69, 9.17) is 10.0 Å². The van der Waals surface area contributed by atoms with Crippen LogP contribution < -0.4 is 0 Å². The summed E-state index contributed by atoms with van der Waals surface area (Å²) < 4.78 is 5.02. The lowest BCUT2D eigenvalue weighted by Gasteiger charge is -2.11. The smallest absolute Gasteiger partial charge is 0.402 e. The molecule has 0 atom stereocenters. The highest BCUT2D eigenvalue weighted by atomic mass is 127. The Labute approximate surface area is 145 Å². The minimum atomic E-state index is -1.61. The molecule has 0 heterocycles. The van der Waals surface area contributed by atoms with Crippen molar-refractivity contribution in [2.45, 2.75) is 50.8 Å². The van der Waals surface area contributed by atoms with E-state index in [0.29, 0.717) is 6.04 Å². The minimum absolute atomic E-state index is 0.385. The molecule has 0 aromatic heterocycles. The van der Waals surface area contributed by atoms with Crippen molar-refractivity contribution in [1.29, 1.82) is 0 Å². The molecule has 0 radical (unpaired) electrons. The summed E-state index contributed by atoms with van der Waals surface area (Å²) in [6.07, 6.45) is 9.74. The van der Waals surface area contributed by atoms with Gasteiger partial charge in [0.25, 0.3) is 0 Å². The maximum Gasteiger partial charge on any atom is 0.633 e. The lowest BCUT2D eigenvalue weighted by atomic mass is 10.1. The third-order valence-electron chi connectivity index (χ3n) is 2.37. The van der Waals surface area contributed by atoms with Crippen LogP contribution in [0.5, 0.6) is 0 Å². The van der Waals surface area contributed by atoms with Crippen LogP contribution in [0.2, 0.25) is 0 Å². The average molecular weight is 580 g/mol. The first-order valence-corrected chi connectivity index (χ1v) is 9.20. The van der Waals surface area contributed by atoms with Crippen molar-refractivity contribution >= 4 is 75.1 Å². The molecule has 2 N–H and O–H groups in total. The van der Waals surface area contributed by atoms with Gasteiger partial charge < -0.3 is 14.7 Å². The van der Waals surface area contributed by atoms with Gasteiger partial charge in [-0.15, -0.1) is 0 Å². The molecular weight excluding hydrogens is 560 g/mol. The first-order chi connectivity index (χ1) is 7.92. The Balaban J connectivity index is 3.04. The zero-order chi connectivity index (χ0) is 13.1. The summed E-state index contributed by atoms with van der Waals surface area (Å²) in [5.41, 5.74) is 0. The molecule has 3 nitrogen and oxygen atoms in total. The molecular formula is C10H20BI3O3. The highest BCUT2D eigenvalue weighted by Crippen LogP contribution is 2.40. The number of rotatable bonds is 11. The van der Waals surface area contributed by atoms with E-state index in [2.05, 4.69) is 72.4 Å². The van der Waals surface area contributed by atoms with Crippen LogP contribution in [-0.2, 0) is 4.65 Å².